The van der Waals surface area contributed by atoms with E-state index in [0.29, 0.717) is 13.1 Å². The van der Waals surface area contributed by atoms with Gasteiger partial charge in [0, 0.05) is 31.5 Å². The van der Waals surface area contributed by atoms with E-state index in [9.17, 15) is 4.79 Å². The van der Waals surface area contributed by atoms with E-state index in [4.69, 9.17) is 5.73 Å². The third kappa shape index (κ3) is 3.62. The van der Waals surface area contributed by atoms with E-state index < -0.39 is 0 Å². The molecule has 116 valence electrons. The smallest absolute Gasteiger partial charge is 0.230 e. The van der Waals surface area contributed by atoms with E-state index in [1.165, 1.54) is 6.42 Å². The molecule has 1 aliphatic rings. The zero-order chi connectivity index (χ0) is 15.3. The molecule has 0 spiro atoms. The molecule has 0 bridgehead atoms. The Hall–Kier alpha value is -1.42. The number of amides is 1. The summed E-state index contributed by atoms with van der Waals surface area (Å²) in [5.74, 6) is 0.226. The molecule has 1 amide bonds. The number of nitrogens with two attached hydrogens (primary N) is 1. The molecule has 1 aromatic heterocycles. The fourth-order valence-corrected chi connectivity index (χ4v) is 3.22. The number of nitrogens with zero attached hydrogens (tertiary/aromatic N) is 2. The third-order valence-corrected chi connectivity index (χ3v) is 4.61. The molecule has 1 saturated carbocycles. The third-order valence-electron chi connectivity index (χ3n) is 4.61. The average molecular weight is 289 g/mol. The van der Waals surface area contributed by atoms with Gasteiger partial charge in [0.05, 0.1) is 5.41 Å². The van der Waals surface area contributed by atoms with Crippen molar-refractivity contribution in [3.05, 3.63) is 30.1 Å². The Balaban J connectivity index is 2.18. The predicted molar refractivity (Wildman–Crippen MR) is 84.5 cm³/mol. The van der Waals surface area contributed by atoms with Crippen LogP contribution in [-0.2, 0) is 11.3 Å². The van der Waals surface area contributed by atoms with Gasteiger partial charge in [-0.1, -0.05) is 25.3 Å². The number of hydrogen-bond acceptors (Lipinski definition) is 3. The lowest BCUT2D eigenvalue weighted by atomic mass is 9.73. The fourth-order valence-electron chi connectivity index (χ4n) is 3.22. The van der Waals surface area contributed by atoms with Gasteiger partial charge in [0.1, 0.15) is 0 Å². The number of carbonyl (C=O) groups excluding carboxylic acids is 1. The van der Waals surface area contributed by atoms with E-state index in [0.717, 1.165) is 31.2 Å². The number of hydrogen-bond donors (Lipinski definition) is 1. The minimum atomic E-state index is -0.343. The summed E-state index contributed by atoms with van der Waals surface area (Å²) in [5, 5.41) is 0. The Labute approximate surface area is 127 Å². The van der Waals surface area contributed by atoms with Gasteiger partial charge in [0.25, 0.3) is 0 Å². The van der Waals surface area contributed by atoms with Crippen molar-refractivity contribution in [2.75, 3.05) is 6.54 Å². The van der Waals surface area contributed by atoms with Crippen LogP contribution in [0.25, 0.3) is 0 Å². The van der Waals surface area contributed by atoms with Crippen LogP contribution in [0.2, 0.25) is 0 Å². The highest BCUT2D eigenvalue weighted by atomic mass is 16.2. The van der Waals surface area contributed by atoms with Crippen LogP contribution in [0, 0.1) is 5.41 Å². The molecule has 1 fully saturated rings. The van der Waals surface area contributed by atoms with E-state index >= 15 is 0 Å². The van der Waals surface area contributed by atoms with Gasteiger partial charge in [0.15, 0.2) is 0 Å². The van der Waals surface area contributed by atoms with E-state index in [-0.39, 0.29) is 17.4 Å². The van der Waals surface area contributed by atoms with Gasteiger partial charge in [-0.15, -0.1) is 0 Å². The van der Waals surface area contributed by atoms with Crippen molar-refractivity contribution in [3.63, 3.8) is 0 Å². The maximum absolute atomic E-state index is 13.1. The van der Waals surface area contributed by atoms with Crippen molar-refractivity contribution in [2.45, 2.75) is 58.5 Å². The van der Waals surface area contributed by atoms with Crippen LogP contribution in [0.3, 0.4) is 0 Å². The minimum Gasteiger partial charge on any atom is -0.335 e. The minimum absolute atomic E-state index is 0.169. The summed E-state index contributed by atoms with van der Waals surface area (Å²) in [7, 11) is 0. The largest absolute Gasteiger partial charge is 0.335 e. The molecule has 0 aromatic carbocycles. The highest BCUT2D eigenvalue weighted by Gasteiger charge is 2.41. The van der Waals surface area contributed by atoms with E-state index in [1.54, 1.807) is 6.20 Å². The normalized spacial score (nSPS) is 17.7. The molecule has 0 radical (unpaired) electrons. The van der Waals surface area contributed by atoms with Crippen molar-refractivity contribution < 1.29 is 4.79 Å². The van der Waals surface area contributed by atoms with Crippen molar-refractivity contribution in [1.29, 1.82) is 0 Å². The summed E-state index contributed by atoms with van der Waals surface area (Å²) in [6, 6.07) is 4.10. The number of pyridine rings is 1. The summed E-state index contributed by atoms with van der Waals surface area (Å²) in [6.07, 6.45) is 8.90. The molecule has 2 N–H and O–H groups in total. The van der Waals surface area contributed by atoms with Gasteiger partial charge in [0.2, 0.25) is 5.91 Å². The maximum Gasteiger partial charge on any atom is 0.230 e. The van der Waals surface area contributed by atoms with Gasteiger partial charge in [-0.25, -0.2) is 0 Å². The molecule has 2 rings (SSSR count). The first kappa shape index (κ1) is 16.0. The van der Waals surface area contributed by atoms with Crippen LogP contribution < -0.4 is 5.73 Å². The second kappa shape index (κ2) is 7.03. The zero-order valence-corrected chi connectivity index (χ0v) is 13.2. The molecule has 21 heavy (non-hydrogen) atoms. The molecule has 1 aliphatic carbocycles. The molecular weight excluding hydrogens is 262 g/mol. The van der Waals surface area contributed by atoms with Crippen molar-refractivity contribution >= 4 is 5.91 Å². The highest BCUT2D eigenvalue weighted by Crippen LogP contribution is 2.37. The topological polar surface area (TPSA) is 59.2 Å². The Bertz CT molecular complexity index is 452. The lowest BCUT2D eigenvalue weighted by Gasteiger charge is -2.40. The van der Waals surface area contributed by atoms with Crippen LogP contribution in [0.15, 0.2) is 24.5 Å². The first-order chi connectivity index (χ1) is 10.1. The molecule has 0 atom stereocenters. The van der Waals surface area contributed by atoms with Crippen LogP contribution >= 0.6 is 0 Å². The molecule has 0 unspecified atom stereocenters. The standard InChI is InChI=1S/C17H27N3O/c1-14(2)20(12-15-7-6-10-19-11-15)16(21)17(13-18)8-4-3-5-9-17/h6-7,10-11,14H,3-5,8-9,12-13,18H2,1-2H3. The van der Waals surface area contributed by atoms with Crippen LogP contribution in [0.1, 0.15) is 51.5 Å². The molecule has 1 aromatic rings. The van der Waals surface area contributed by atoms with Crippen molar-refractivity contribution in [1.82, 2.24) is 9.88 Å². The summed E-state index contributed by atoms with van der Waals surface area (Å²) >= 11 is 0. The van der Waals surface area contributed by atoms with E-state index in [1.807, 2.05) is 23.2 Å². The van der Waals surface area contributed by atoms with Crippen molar-refractivity contribution in [2.24, 2.45) is 11.1 Å². The summed E-state index contributed by atoms with van der Waals surface area (Å²) in [5.41, 5.74) is 6.74. The van der Waals surface area contributed by atoms with Gasteiger partial charge in [-0.3, -0.25) is 9.78 Å². The molecular formula is C17H27N3O. The zero-order valence-electron chi connectivity index (χ0n) is 13.2. The second-order valence-corrected chi connectivity index (χ2v) is 6.43. The molecule has 4 nitrogen and oxygen atoms in total. The number of carbonyl (C=O) groups is 1. The predicted octanol–water partition coefficient (Wildman–Crippen LogP) is 2.73. The summed E-state index contributed by atoms with van der Waals surface area (Å²) < 4.78 is 0. The van der Waals surface area contributed by atoms with Gasteiger partial charge in [-0.05, 0) is 38.3 Å². The second-order valence-electron chi connectivity index (χ2n) is 6.43. The summed E-state index contributed by atoms with van der Waals surface area (Å²) in [6.45, 7) is 5.22. The Morgan fingerprint density at radius 2 is 2.10 bits per heavy atom. The highest BCUT2D eigenvalue weighted by molar-refractivity contribution is 5.83. The monoisotopic (exact) mass is 289 g/mol. The van der Waals surface area contributed by atoms with Crippen LogP contribution in [-0.4, -0.2) is 28.4 Å². The lowest BCUT2D eigenvalue weighted by molar-refractivity contribution is -0.146. The van der Waals surface area contributed by atoms with E-state index in [2.05, 4.69) is 18.8 Å². The quantitative estimate of drug-likeness (QED) is 0.906. The summed E-state index contributed by atoms with van der Waals surface area (Å²) in [4.78, 5) is 19.2. The maximum atomic E-state index is 13.1. The Morgan fingerprint density at radius 1 is 1.38 bits per heavy atom. The number of aromatic nitrogens is 1. The lowest BCUT2D eigenvalue weighted by Crippen LogP contribution is -2.51. The average Bonchev–Trinajstić information content (AvgIpc) is 2.53. The SMILES string of the molecule is CC(C)N(Cc1cccnc1)C(=O)C1(CN)CCCCC1. The van der Waals surface area contributed by atoms with Gasteiger partial charge in [-0.2, -0.15) is 0 Å². The van der Waals surface area contributed by atoms with Crippen molar-refractivity contribution in [3.8, 4) is 0 Å². The molecule has 1 heterocycles. The first-order valence-electron chi connectivity index (χ1n) is 7.99. The molecule has 0 saturated heterocycles. The first-order valence-corrected chi connectivity index (χ1v) is 7.99. The Kier molecular flexibility index (Phi) is 5.34. The molecule has 4 heteroatoms. The van der Waals surface area contributed by atoms with Gasteiger partial charge >= 0.3 is 0 Å². The van der Waals surface area contributed by atoms with Gasteiger partial charge < -0.3 is 10.6 Å². The Morgan fingerprint density at radius 3 is 2.62 bits per heavy atom. The fraction of sp³-hybridized carbons (Fsp3) is 0.647. The molecule has 0 aliphatic heterocycles. The van der Waals surface area contributed by atoms with Crippen LogP contribution in [0.5, 0.6) is 0 Å². The van der Waals surface area contributed by atoms with Crippen LogP contribution in [0.4, 0.5) is 0 Å². The number of rotatable bonds is 5.